The van der Waals surface area contributed by atoms with Crippen molar-refractivity contribution in [3.63, 3.8) is 0 Å². The van der Waals surface area contributed by atoms with Crippen LogP contribution in [0.15, 0.2) is 18.3 Å². The van der Waals surface area contributed by atoms with E-state index in [1.54, 1.807) is 0 Å². The third kappa shape index (κ3) is 2.90. The summed E-state index contributed by atoms with van der Waals surface area (Å²) in [5.74, 6) is 0.202. The molecule has 1 fully saturated rings. The average Bonchev–Trinajstić information content (AvgIpc) is 2.72. The smallest absolute Gasteiger partial charge is 0.242 e. The van der Waals surface area contributed by atoms with Crippen molar-refractivity contribution in [3.05, 3.63) is 24.0 Å². The summed E-state index contributed by atoms with van der Waals surface area (Å²) in [5, 5.41) is 3.14. The van der Waals surface area contributed by atoms with Gasteiger partial charge in [0.2, 0.25) is 5.91 Å². The predicted octanol–water partition coefficient (Wildman–Crippen LogP) is 2.47. The van der Waals surface area contributed by atoms with Crippen LogP contribution in [0.5, 0.6) is 0 Å². The van der Waals surface area contributed by atoms with Crippen molar-refractivity contribution in [2.75, 3.05) is 13.6 Å². The van der Waals surface area contributed by atoms with Crippen molar-refractivity contribution >= 4 is 5.91 Å². The van der Waals surface area contributed by atoms with Crippen LogP contribution >= 0.6 is 0 Å². The van der Waals surface area contributed by atoms with Gasteiger partial charge in [-0.25, -0.2) is 0 Å². The molecule has 1 aromatic rings. The zero-order chi connectivity index (χ0) is 14.8. The summed E-state index contributed by atoms with van der Waals surface area (Å²) in [6.45, 7) is 4.78. The molecule has 1 unspecified atom stereocenters. The van der Waals surface area contributed by atoms with Gasteiger partial charge in [0.15, 0.2) is 0 Å². The number of nitrogens with one attached hydrogen (secondary N) is 1. The van der Waals surface area contributed by atoms with E-state index in [2.05, 4.69) is 40.2 Å². The van der Waals surface area contributed by atoms with Gasteiger partial charge in [0, 0.05) is 25.5 Å². The SMILES string of the molecule is CNC(C)(C)C(=O)N1CCCCCC1c1cccn1C. The summed E-state index contributed by atoms with van der Waals surface area (Å²) in [4.78, 5) is 15.0. The van der Waals surface area contributed by atoms with Crippen LogP contribution in [0.3, 0.4) is 0 Å². The fourth-order valence-electron chi connectivity index (χ4n) is 2.95. The van der Waals surface area contributed by atoms with Gasteiger partial charge in [-0.3, -0.25) is 4.79 Å². The van der Waals surface area contributed by atoms with E-state index in [4.69, 9.17) is 0 Å². The molecule has 20 heavy (non-hydrogen) atoms. The molecule has 0 radical (unpaired) electrons. The Morgan fingerprint density at radius 3 is 2.70 bits per heavy atom. The van der Waals surface area contributed by atoms with Gasteiger partial charge >= 0.3 is 0 Å². The quantitative estimate of drug-likeness (QED) is 0.921. The summed E-state index contributed by atoms with van der Waals surface area (Å²) in [5.41, 5.74) is 0.737. The first-order chi connectivity index (χ1) is 9.47. The topological polar surface area (TPSA) is 37.3 Å². The molecule has 1 saturated heterocycles. The minimum Gasteiger partial charge on any atom is -0.353 e. The molecule has 0 bridgehead atoms. The molecule has 1 aliphatic rings. The lowest BCUT2D eigenvalue weighted by Gasteiger charge is -2.36. The lowest BCUT2D eigenvalue weighted by molar-refractivity contribution is -0.139. The average molecular weight is 277 g/mol. The second-order valence-electron chi connectivity index (χ2n) is 6.28. The maximum atomic E-state index is 12.9. The van der Waals surface area contributed by atoms with E-state index in [1.807, 2.05) is 20.9 Å². The van der Waals surface area contributed by atoms with Crippen LogP contribution in [-0.4, -0.2) is 34.5 Å². The van der Waals surface area contributed by atoms with Gasteiger partial charge in [-0.1, -0.05) is 12.8 Å². The van der Waals surface area contributed by atoms with Crippen LogP contribution in [0.2, 0.25) is 0 Å². The standard InChI is InChI=1S/C16H27N3O/c1-16(2,17-3)15(20)19-12-7-5-6-9-14(19)13-10-8-11-18(13)4/h8,10-11,14,17H,5-7,9,12H2,1-4H3. The molecule has 1 aromatic heterocycles. The highest BCUT2D eigenvalue weighted by molar-refractivity contribution is 5.85. The molecule has 2 rings (SSSR count). The van der Waals surface area contributed by atoms with E-state index in [0.29, 0.717) is 0 Å². The molecule has 1 aliphatic heterocycles. The first-order valence-corrected chi connectivity index (χ1v) is 7.58. The van der Waals surface area contributed by atoms with Gasteiger partial charge in [0.05, 0.1) is 11.6 Å². The van der Waals surface area contributed by atoms with Crippen molar-refractivity contribution < 1.29 is 4.79 Å². The lowest BCUT2D eigenvalue weighted by Crippen LogP contribution is -2.53. The molecule has 2 heterocycles. The monoisotopic (exact) mass is 277 g/mol. The molecular formula is C16H27N3O. The highest BCUT2D eigenvalue weighted by Gasteiger charge is 2.36. The molecule has 4 nitrogen and oxygen atoms in total. The predicted molar refractivity (Wildman–Crippen MR) is 81.5 cm³/mol. The van der Waals surface area contributed by atoms with E-state index in [0.717, 1.165) is 19.4 Å². The number of rotatable bonds is 3. The van der Waals surface area contributed by atoms with E-state index in [-0.39, 0.29) is 11.9 Å². The first-order valence-electron chi connectivity index (χ1n) is 7.58. The highest BCUT2D eigenvalue weighted by atomic mass is 16.2. The van der Waals surface area contributed by atoms with Gasteiger partial charge in [-0.05, 0) is 45.9 Å². The molecule has 0 saturated carbocycles. The Morgan fingerprint density at radius 1 is 1.35 bits per heavy atom. The minimum atomic E-state index is -0.506. The van der Waals surface area contributed by atoms with E-state index in [1.165, 1.54) is 18.5 Å². The molecule has 1 amide bonds. The third-order valence-corrected chi connectivity index (χ3v) is 4.50. The van der Waals surface area contributed by atoms with Crippen molar-refractivity contribution in [3.8, 4) is 0 Å². The van der Waals surface area contributed by atoms with Crippen molar-refractivity contribution in [1.29, 1.82) is 0 Å². The summed E-state index contributed by atoms with van der Waals surface area (Å²) in [7, 11) is 3.92. The number of carbonyl (C=O) groups is 1. The Balaban J connectivity index is 2.31. The normalized spacial score (nSPS) is 20.8. The van der Waals surface area contributed by atoms with Crippen LogP contribution in [0, 0.1) is 0 Å². The number of carbonyl (C=O) groups excluding carboxylic acids is 1. The van der Waals surface area contributed by atoms with Gasteiger partial charge in [0.25, 0.3) is 0 Å². The Kier molecular flexibility index (Phi) is 4.53. The van der Waals surface area contributed by atoms with Crippen molar-refractivity contribution in [1.82, 2.24) is 14.8 Å². The fourth-order valence-corrected chi connectivity index (χ4v) is 2.95. The van der Waals surface area contributed by atoms with Crippen LogP contribution in [0.4, 0.5) is 0 Å². The zero-order valence-electron chi connectivity index (χ0n) is 13.1. The third-order valence-electron chi connectivity index (χ3n) is 4.50. The van der Waals surface area contributed by atoms with Crippen LogP contribution < -0.4 is 5.32 Å². The van der Waals surface area contributed by atoms with Crippen LogP contribution in [-0.2, 0) is 11.8 Å². The number of likely N-dealkylation sites (tertiary alicyclic amines) is 1. The molecule has 4 heteroatoms. The number of nitrogens with zero attached hydrogens (tertiary/aromatic N) is 2. The Bertz CT molecular complexity index is 464. The number of aromatic nitrogens is 1. The molecule has 0 aliphatic carbocycles. The summed E-state index contributed by atoms with van der Waals surface area (Å²) in [6, 6.07) is 4.41. The minimum absolute atomic E-state index is 0.202. The van der Waals surface area contributed by atoms with Gasteiger partial charge in [-0.2, -0.15) is 0 Å². The molecule has 112 valence electrons. The number of amides is 1. The van der Waals surface area contributed by atoms with Gasteiger partial charge in [-0.15, -0.1) is 0 Å². The van der Waals surface area contributed by atoms with Gasteiger partial charge in [0.1, 0.15) is 0 Å². The number of aryl methyl sites for hydroxylation is 1. The van der Waals surface area contributed by atoms with Crippen molar-refractivity contribution in [2.45, 2.75) is 51.1 Å². The maximum Gasteiger partial charge on any atom is 0.242 e. The Labute approximate surface area is 122 Å². The number of hydrogen-bond acceptors (Lipinski definition) is 2. The number of hydrogen-bond donors (Lipinski definition) is 1. The molecule has 0 aromatic carbocycles. The number of likely N-dealkylation sites (N-methyl/N-ethyl adjacent to an activating group) is 1. The van der Waals surface area contributed by atoms with Crippen LogP contribution in [0.25, 0.3) is 0 Å². The lowest BCUT2D eigenvalue weighted by atomic mass is 10.00. The Morgan fingerprint density at radius 2 is 2.10 bits per heavy atom. The summed E-state index contributed by atoms with van der Waals surface area (Å²) in [6.07, 6.45) is 6.63. The summed E-state index contributed by atoms with van der Waals surface area (Å²) >= 11 is 0. The van der Waals surface area contributed by atoms with Crippen LogP contribution in [0.1, 0.15) is 51.3 Å². The molecule has 0 spiro atoms. The summed E-state index contributed by atoms with van der Waals surface area (Å²) < 4.78 is 2.14. The first kappa shape index (κ1) is 15.1. The largest absolute Gasteiger partial charge is 0.353 e. The Hall–Kier alpha value is -1.29. The maximum absolute atomic E-state index is 12.9. The van der Waals surface area contributed by atoms with Crippen molar-refractivity contribution in [2.24, 2.45) is 7.05 Å². The van der Waals surface area contributed by atoms with E-state index < -0.39 is 5.54 Å². The van der Waals surface area contributed by atoms with E-state index in [9.17, 15) is 4.79 Å². The zero-order valence-corrected chi connectivity index (χ0v) is 13.1. The van der Waals surface area contributed by atoms with E-state index >= 15 is 0 Å². The second-order valence-corrected chi connectivity index (χ2v) is 6.28. The highest BCUT2D eigenvalue weighted by Crippen LogP contribution is 2.31. The van der Waals surface area contributed by atoms with Gasteiger partial charge < -0.3 is 14.8 Å². The second kappa shape index (κ2) is 6.00. The molecular weight excluding hydrogens is 250 g/mol. The fraction of sp³-hybridized carbons (Fsp3) is 0.688. The molecule has 1 atom stereocenters. The molecule has 1 N–H and O–H groups in total.